The fourth-order valence-corrected chi connectivity index (χ4v) is 2.29. The Morgan fingerprint density at radius 2 is 2.15 bits per heavy atom. The van der Waals surface area contributed by atoms with Crippen molar-refractivity contribution in [3.05, 3.63) is 0 Å². The van der Waals surface area contributed by atoms with Gasteiger partial charge in [-0.25, -0.2) is 0 Å². The average molecular weight is 248 g/mol. The Morgan fingerprint density at radius 1 is 1.46 bits per heavy atom. The van der Waals surface area contributed by atoms with Crippen LogP contribution in [0.3, 0.4) is 0 Å². The molecule has 1 rings (SSSR count). The standard InChI is InChI=1S/C10H18BrNO/c1-2-8-5-3-4-6-9(8)12-10(13)7-11/h8-9H,2-7H2,1H3,(H,12,13). The van der Waals surface area contributed by atoms with Gasteiger partial charge in [0.1, 0.15) is 0 Å². The molecular weight excluding hydrogens is 230 g/mol. The molecule has 13 heavy (non-hydrogen) atoms. The molecule has 76 valence electrons. The third-order valence-electron chi connectivity index (χ3n) is 2.90. The third-order valence-corrected chi connectivity index (χ3v) is 3.41. The Kier molecular flexibility index (Phi) is 4.78. The molecule has 1 amide bonds. The van der Waals surface area contributed by atoms with E-state index in [9.17, 15) is 4.79 Å². The van der Waals surface area contributed by atoms with E-state index in [1.54, 1.807) is 0 Å². The van der Waals surface area contributed by atoms with Crippen LogP contribution in [0.5, 0.6) is 0 Å². The van der Waals surface area contributed by atoms with E-state index >= 15 is 0 Å². The maximum Gasteiger partial charge on any atom is 0.230 e. The van der Waals surface area contributed by atoms with Crippen LogP contribution in [0.25, 0.3) is 0 Å². The van der Waals surface area contributed by atoms with Gasteiger partial charge in [-0.15, -0.1) is 0 Å². The summed E-state index contributed by atoms with van der Waals surface area (Å²) in [5, 5.41) is 3.51. The largest absolute Gasteiger partial charge is 0.352 e. The molecular formula is C10H18BrNO. The van der Waals surface area contributed by atoms with Crippen molar-refractivity contribution in [3.8, 4) is 0 Å². The Morgan fingerprint density at radius 3 is 2.77 bits per heavy atom. The zero-order valence-corrected chi connectivity index (χ0v) is 9.77. The summed E-state index contributed by atoms with van der Waals surface area (Å²) in [4.78, 5) is 11.2. The summed E-state index contributed by atoms with van der Waals surface area (Å²) in [5.41, 5.74) is 0. The lowest BCUT2D eigenvalue weighted by atomic mass is 9.83. The molecule has 2 atom stereocenters. The van der Waals surface area contributed by atoms with Crippen molar-refractivity contribution in [2.75, 3.05) is 5.33 Å². The Hall–Kier alpha value is -0.0500. The van der Waals surface area contributed by atoms with Crippen LogP contribution in [-0.4, -0.2) is 17.3 Å². The lowest BCUT2D eigenvalue weighted by Crippen LogP contribution is -2.42. The summed E-state index contributed by atoms with van der Waals surface area (Å²) in [7, 11) is 0. The summed E-state index contributed by atoms with van der Waals surface area (Å²) in [6.45, 7) is 2.21. The van der Waals surface area contributed by atoms with Crippen molar-refractivity contribution in [3.63, 3.8) is 0 Å². The van der Waals surface area contributed by atoms with Gasteiger partial charge in [0.25, 0.3) is 0 Å². The van der Waals surface area contributed by atoms with Gasteiger partial charge >= 0.3 is 0 Å². The van der Waals surface area contributed by atoms with Gasteiger partial charge in [0.2, 0.25) is 5.91 Å². The highest BCUT2D eigenvalue weighted by Crippen LogP contribution is 2.26. The molecule has 0 saturated heterocycles. The zero-order chi connectivity index (χ0) is 9.68. The molecule has 0 aromatic carbocycles. The minimum absolute atomic E-state index is 0.130. The van der Waals surface area contributed by atoms with Gasteiger partial charge in [0, 0.05) is 6.04 Å². The number of nitrogens with one attached hydrogen (secondary N) is 1. The first kappa shape index (κ1) is 11.0. The maximum absolute atomic E-state index is 11.2. The van der Waals surface area contributed by atoms with Crippen LogP contribution in [0, 0.1) is 5.92 Å². The number of rotatable bonds is 3. The van der Waals surface area contributed by atoms with E-state index in [1.807, 2.05) is 0 Å². The van der Waals surface area contributed by atoms with Crippen molar-refractivity contribution >= 4 is 21.8 Å². The first-order valence-corrected chi connectivity index (χ1v) is 6.25. The van der Waals surface area contributed by atoms with Crippen molar-refractivity contribution in [2.45, 2.75) is 45.1 Å². The molecule has 2 nitrogen and oxygen atoms in total. The van der Waals surface area contributed by atoms with Crippen molar-refractivity contribution in [1.29, 1.82) is 0 Å². The Balaban J connectivity index is 2.40. The number of hydrogen-bond acceptors (Lipinski definition) is 1. The number of alkyl halides is 1. The molecule has 1 aliphatic carbocycles. The van der Waals surface area contributed by atoms with Crippen LogP contribution in [0.4, 0.5) is 0 Å². The number of carbonyl (C=O) groups is 1. The lowest BCUT2D eigenvalue weighted by molar-refractivity contribution is -0.119. The summed E-state index contributed by atoms with van der Waals surface area (Å²) in [5.74, 6) is 0.835. The molecule has 0 heterocycles. The van der Waals surface area contributed by atoms with Gasteiger partial charge in [-0.3, -0.25) is 4.79 Å². The first-order valence-electron chi connectivity index (χ1n) is 5.13. The fraction of sp³-hybridized carbons (Fsp3) is 0.900. The lowest BCUT2D eigenvalue weighted by Gasteiger charge is -2.31. The summed E-state index contributed by atoms with van der Waals surface area (Å²) < 4.78 is 0. The quantitative estimate of drug-likeness (QED) is 0.764. The van der Waals surface area contributed by atoms with Gasteiger partial charge in [0.05, 0.1) is 5.33 Å². The summed E-state index contributed by atoms with van der Waals surface area (Å²) in [6.07, 6.45) is 6.23. The number of hydrogen-bond donors (Lipinski definition) is 1. The second-order valence-electron chi connectivity index (χ2n) is 3.76. The van der Waals surface area contributed by atoms with Gasteiger partial charge in [-0.1, -0.05) is 42.1 Å². The van der Waals surface area contributed by atoms with E-state index < -0.39 is 0 Å². The normalized spacial score (nSPS) is 28.5. The molecule has 0 aromatic heterocycles. The number of carbonyl (C=O) groups excluding carboxylic acids is 1. The molecule has 1 N–H and O–H groups in total. The van der Waals surface area contributed by atoms with Gasteiger partial charge in [-0.2, -0.15) is 0 Å². The molecule has 0 bridgehead atoms. The third kappa shape index (κ3) is 3.29. The number of halogens is 1. The molecule has 1 saturated carbocycles. The fourth-order valence-electron chi connectivity index (χ4n) is 2.13. The molecule has 3 heteroatoms. The highest BCUT2D eigenvalue weighted by Gasteiger charge is 2.24. The Labute approximate surface area is 88.6 Å². The van der Waals surface area contributed by atoms with Crippen LogP contribution in [0.2, 0.25) is 0 Å². The van der Waals surface area contributed by atoms with Crippen molar-refractivity contribution < 1.29 is 4.79 Å². The monoisotopic (exact) mass is 247 g/mol. The van der Waals surface area contributed by atoms with E-state index in [1.165, 1.54) is 25.7 Å². The van der Waals surface area contributed by atoms with E-state index in [0.717, 1.165) is 6.42 Å². The molecule has 0 aliphatic heterocycles. The van der Waals surface area contributed by atoms with Crippen LogP contribution in [-0.2, 0) is 4.79 Å². The van der Waals surface area contributed by atoms with Crippen LogP contribution in [0.1, 0.15) is 39.0 Å². The second kappa shape index (κ2) is 5.63. The number of amides is 1. The van der Waals surface area contributed by atoms with E-state index in [0.29, 0.717) is 17.3 Å². The van der Waals surface area contributed by atoms with E-state index in [4.69, 9.17) is 0 Å². The predicted octanol–water partition coefficient (Wildman–Crippen LogP) is 2.47. The van der Waals surface area contributed by atoms with E-state index in [2.05, 4.69) is 28.2 Å². The highest BCUT2D eigenvalue weighted by atomic mass is 79.9. The summed E-state index contributed by atoms with van der Waals surface area (Å²) in [6, 6.07) is 0.434. The Bertz CT molecular complexity index is 172. The molecule has 0 aromatic rings. The first-order chi connectivity index (χ1) is 6.27. The minimum Gasteiger partial charge on any atom is -0.352 e. The van der Waals surface area contributed by atoms with Gasteiger partial charge < -0.3 is 5.32 Å². The maximum atomic E-state index is 11.2. The van der Waals surface area contributed by atoms with Gasteiger partial charge in [-0.05, 0) is 18.8 Å². The van der Waals surface area contributed by atoms with Gasteiger partial charge in [0.15, 0.2) is 0 Å². The minimum atomic E-state index is 0.130. The SMILES string of the molecule is CCC1CCCCC1NC(=O)CBr. The smallest absolute Gasteiger partial charge is 0.230 e. The van der Waals surface area contributed by atoms with Crippen molar-refractivity contribution in [1.82, 2.24) is 5.32 Å². The summed E-state index contributed by atoms with van der Waals surface area (Å²) >= 11 is 3.17. The topological polar surface area (TPSA) is 29.1 Å². The van der Waals surface area contributed by atoms with E-state index in [-0.39, 0.29) is 5.91 Å². The molecule has 0 spiro atoms. The molecule has 1 fully saturated rings. The molecule has 1 aliphatic rings. The molecule has 2 unspecified atom stereocenters. The average Bonchev–Trinajstić information content (AvgIpc) is 2.18. The van der Waals surface area contributed by atoms with Crippen LogP contribution < -0.4 is 5.32 Å². The second-order valence-corrected chi connectivity index (χ2v) is 4.32. The zero-order valence-electron chi connectivity index (χ0n) is 8.18. The van der Waals surface area contributed by atoms with Crippen LogP contribution >= 0.6 is 15.9 Å². The van der Waals surface area contributed by atoms with Crippen LogP contribution in [0.15, 0.2) is 0 Å². The highest BCUT2D eigenvalue weighted by molar-refractivity contribution is 9.09. The predicted molar refractivity (Wildman–Crippen MR) is 58.0 cm³/mol. The molecule has 0 radical (unpaired) electrons. The van der Waals surface area contributed by atoms with Crippen molar-refractivity contribution in [2.24, 2.45) is 5.92 Å².